The summed E-state index contributed by atoms with van der Waals surface area (Å²) >= 11 is 8.44. The number of hydrogen-bond acceptors (Lipinski definition) is 4. The Bertz CT molecular complexity index is 410. The van der Waals surface area contributed by atoms with E-state index in [2.05, 4.69) is 25.3 Å². The maximum absolute atomic E-state index is 10.6. The lowest BCUT2D eigenvalue weighted by Gasteiger charge is -2.13. The summed E-state index contributed by atoms with van der Waals surface area (Å²) < 4.78 is 0. The van der Waals surface area contributed by atoms with Crippen LogP contribution in [-0.4, -0.2) is 22.2 Å². The van der Waals surface area contributed by atoms with Gasteiger partial charge in [-0.15, -0.1) is 0 Å². The minimum Gasteiger partial charge on any atom is -0.481 e. The van der Waals surface area contributed by atoms with Crippen LogP contribution in [0.25, 0.3) is 0 Å². The Balaban J connectivity index is 2.84. The summed E-state index contributed by atoms with van der Waals surface area (Å²) in [6, 6.07) is 7.04. The second-order valence-corrected chi connectivity index (χ2v) is 5.14. The van der Waals surface area contributed by atoms with Gasteiger partial charge in [-0.05, 0) is 11.1 Å². The average Bonchev–Trinajstić information content (AvgIpc) is 2.27. The molecule has 2 atom stereocenters. The lowest BCUT2D eigenvalue weighted by atomic mass is 10.0. The van der Waals surface area contributed by atoms with Crippen LogP contribution in [0.4, 0.5) is 0 Å². The number of carbonyl (C=O) groups is 2. The topological polar surface area (TPSA) is 74.6 Å². The van der Waals surface area contributed by atoms with Crippen molar-refractivity contribution >= 4 is 37.2 Å². The van der Waals surface area contributed by atoms with E-state index in [1.165, 1.54) is 0 Å². The zero-order chi connectivity index (χ0) is 13.7. The van der Waals surface area contributed by atoms with Gasteiger partial charge in [-0.25, -0.2) is 0 Å². The molecule has 2 unspecified atom stereocenters. The molecular weight excluding hydrogens is 272 g/mol. The second kappa shape index (κ2) is 6.70. The van der Waals surface area contributed by atoms with Crippen LogP contribution < -0.4 is 0 Å². The number of aliphatic carboxylic acids is 2. The van der Waals surface area contributed by atoms with Crippen molar-refractivity contribution in [2.24, 2.45) is 0 Å². The zero-order valence-corrected chi connectivity index (χ0v) is 11.3. The number of carboxylic acids is 2. The summed E-state index contributed by atoms with van der Waals surface area (Å²) in [4.78, 5) is 21.2. The van der Waals surface area contributed by atoms with E-state index in [-0.39, 0.29) is 12.8 Å². The molecule has 0 amide bonds. The number of rotatable bonds is 6. The van der Waals surface area contributed by atoms with Crippen LogP contribution in [0.3, 0.4) is 0 Å². The van der Waals surface area contributed by atoms with Gasteiger partial charge in [0.25, 0.3) is 0 Å². The van der Waals surface area contributed by atoms with E-state index in [0.29, 0.717) is 0 Å². The molecule has 0 aliphatic heterocycles. The molecule has 0 bridgehead atoms. The van der Waals surface area contributed by atoms with Gasteiger partial charge in [-0.1, -0.05) is 24.3 Å². The summed E-state index contributed by atoms with van der Waals surface area (Å²) in [6.07, 6.45) is -0.161. The fraction of sp³-hybridized carbons (Fsp3) is 0.333. The fourth-order valence-corrected chi connectivity index (χ4v) is 2.17. The van der Waals surface area contributed by atoms with Crippen LogP contribution in [0.5, 0.6) is 0 Å². The maximum atomic E-state index is 10.6. The SMILES string of the molecule is O=C(O)CC(S)c1cccc(C(S)CC(=O)O)c1. The van der Waals surface area contributed by atoms with Crippen LogP contribution in [0, 0.1) is 0 Å². The van der Waals surface area contributed by atoms with Gasteiger partial charge in [0.2, 0.25) is 0 Å². The number of thiol groups is 2. The number of benzene rings is 1. The lowest BCUT2D eigenvalue weighted by Crippen LogP contribution is -2.04. The van der Waals surface area contributed by atoms with Crippen molar-refractivity contribution in [1.29, 1.82) is 0 Å². The van der Waals surface area contributed by atoms with Crippen LogP contribution in [0.1, 0.15) is 34.5 Å². The summed E-state index contributed by atoms with van der Waals surface area (Å²) in [5.41, 5.74) is 1.50. The van der Waals surface area contributed by atoms with E-state index in [1.54, 1.807) is 24.3 Å². The predicted octanol–water partition coefficient (Wildman–Crippen LogP) is 2.58. The van der Waals surface area contributed by atoms with E-state index in [0.717, 1.165) is 11.1 Å². The smallest absolute Gasteiger partial charge is 0.304 e. The summed E-state index contributed by atoms with van der Waals surface area (Å²) in [5, 5.41) is 16.6. The molecule has 1 rings (SSSR count). The van der Waals surface area contributed by atoms with Crippen LogP contribution >= 0.6 is 25.3 Å². The Labute approximate surface area is 116 Å². The van der Waals surface area contributed by atoms with Gasteiger partial charge < -0.3 is 10.2 Å². The van der Waals surface area contributed by atoms with E-state index in [1.807, 2.05) is 0 Å². The van der Waals surface area contributed by atoms with Gasteiger partial charge in [0.15, 0.2) is 0 Å². The maximum Gasteiger partial charge on any atom is 0.304 e. The molecule has 0 aliphatic carbocycles. The Hall–Kier alpha value is -1.14. The zero-order valence-electron chi connectivity index (χ0n) is 9.48. The molecule has 0 spiro atoms. The molecule has 98 valence electrons. The van der Waals surface area contributed by atoms with Gasteiger partial charge in [0.1, 0.15) is 0 Å². The molecule has 4 nitrogen and oxygen atoms in total. The van der Waals surface area contributed by atoms with E-state index < -0.39 is 22.4 Å². The number of carboxylic acid groups (broad SMARTS) is 2. The summed E-state index contributed by atoms with van der Waals surface area (Å²) in [7, 11) is 0. The van der Waals surface area contributed by atoms with Crippen LogP contribution in [-0.2, 0) is 9.59 Å². The first-order valence-electron chi connectivity index (χ1n) is 5.29. The molecule has 0 saturated heterocycles. The highest BCUT2D eigenvalue weighted by atomic mass is 32.1. The van der Waals surface area contributed by atoms with Crippen molar-refractivity contribution in [1.82, 2.24) is 0 Å². The quantitative estimate of drug-likeness (QED) is 0.606. The second-order valence-electron chi connectivity index (χ2n) is 3.90. The first kappa shape index (κ1) is 14.9. The van der Waals surface area contributed by atoms with E-state index >= 15 is 0 Å². The number of hydrogen-bond donors (Lipinski definition) is 4. The highest BCUT2D eigenvalue weighted by molar-refractivity contribution is 7.80. The Kier molecular flexibility index (Phi) is 5.55. The molecule has 0 radical (unpaired) electrons. The predicted molar refractivity (Wildman–Crippen MR) is 74.4 cm³/mol. The minimum absolute atomic E-state index is 0.0806. The van der Waals surface area contributed by atoms with Crippen molar-refractivity contribution in [2.75, 3.05) is 0 Å². The average molecular weight is 286 g/mol. The first-order valence-corrected chi connectivity index (χ1v) is 6.33. The van der Waals surface area contributed by atoms with Crippen LogP contribution in [0.15, 0.2) is 24.3 Å². The third-order valence-electron chi connectivity index (χ3n) is 2.42. The lowest BCUT2D eigenvalue weighted by molar-refractivity contribution is -0.138. The van der Waals surface area contributed by atoms with Crippen molar-refractivity contribution in [3.63, 3.8) is 0 Å². The van der Waals surface area contributed by atoms with E-state index in [4.69, 9.17) is 10.2 Å². The Morgan fingerprint density at radius 2 is 1.39 bits per heavy atom. The van der Waals surface area contributed by atoms with Crippen molar-refractivity contribution in [2.45, 2.75) is 23.3 Å². The molecule has 1 aromatic rings. The largest absolute Gasteiger partial charge is 0.481 e. The van der Waals surface area contributed by atoms with Gasteiger partial charge in [-0.2, -0.15) is 25.3 Å². The molecular formula is C12H14O4S2. The first-order chi connectivity index (χ1) is 8.40. The fourth-order valence-electron chi connectivity index (χ4n) is 1.54. The molecule has 18 heavy (non-hydrogen) atoms. The summed E-state index contributed by atoms with van der Waals surface area (Å²) in [5.74, 6) is -1.85. The monoisotopic (exact) mass is 286 g/mol. The van der Waals surface area contributed by atoms with Gasteiger partial charge in [0.05, 0.1) is 12.8 Å². The standard InChI is InChI=1S/C12H14O4S2/c13-11(14)5-9(17)7-2-1-3-8(4-7)10(18)6-12(15)16/h1-4,9-10,17-18H,5-6H2,(H,13,14)(H,15,16). The third-order valence-corrected chi connectivity index (χ3v) is 3.38. The molecule has 0 saturated carbocycles. The van der Waals surface area contributed by atoms with Crippen molar-refractivity contribution in [3.8, 4) is 0 Å². The van der Waals surface area contributed by atoms with Gasteiger partial charge in [-0.3, -0.25) is 9.59 Å². The Morgan fingerprint density at radius 1 is 1.00 bits per heavy atom. The third kappa shape index (κ3) is 4.62. The highest BCUT2D eigenvalue weighted by Crippen LogP contribution is 2.29. The molecule has 2 N–H and O–H groups in total. The highest BCUT2D eigenvalue weighted by Gasteiger charge is 2.15. The van der Waals surface area contributed by atoms with Crippen LogP contribution in [0.2, 0.25) is 0 Å². The van der Waals surface area contributed by atoms with Crippen molar-refractivity contribution < 1.29 is 19.8 Å². The Morgan fingerprint density at radius 3 is 1.72 bits per heavy atom. The molecule has 0 fully saturated rings. The summed E-state index contributed by atoms with van der Waals surface area (Å²) in [6.45, 7) is 0. The minimum atomic E-state index is -0.923. The normalized spacial score (nSPS) is 13.9. The van der Waals surface area contributed by atoms with Gasteiger partial charge >= 0.3 is 11.9 Å². The molecule has 1 aromatic carbocycles. The van der Waals surface area contributed by atoms with E-state index in [9.17, 15) is 9.59 Å². The molecule has 0 heterocycles. The van der Waals surface area contributed by atoms with Gasteiger partial charge in [0, 0.05) is 10.5 Å². The van der Waals surface area contributed by atoms with Crippen molar-refractivity contribution in [3.05, 3.63) is 35.4 Å². The molecule has 0 aliphatic rings. The molecule has 6 heteroatoms. The molecule has 0 aromatic heterocycles.